The number of fused-ring (bicyclic) bond motifs is 1. The lowest BCUT2D eigenvalue weighted by Gasteiger charge is -2.05. The van der Waals surface area contributed by atoms with Crippen LogP contribution in [0.3, 0.4) is 0 Å². The lowest BCUT2D eigenvalue weighted by Crippen LogP contribution is -2.21. The van der Waals surface area contributed by atoms with Crippen LogP contribution in [0.25, 0.3) is 0 Å². The topological polar surface area (TPSA) is 110 Å². The maximum atomic E-state index is 12.1. The van der Waals surface area contributed by atoms with Crippen LogP contribution in [0.15, 0.2) is 38.6 Å². The quantitative estimate of drug-likeness (QED) is 0.652. The maximum Gasteiger partial charge on any atom is 0.348 e. The molecular formula is C16H14N2O6. The summed E-state index contributed by atoms with van der Waals surface area (Å²) >= 11 is 0. The van der Waals surface area contributed by atoms with Crippen molar-refractivity contribution in [2.75, 3.05) is 6.79 Å². The summed E-state index contributed by atoms with van der Waals surface area (Å²) in [5, 5.41) is 13.7. The Morgan fingerprint density at radius 2 is 2.00 bits per heavy atom. The SMILES string of the molecule is C/C(=N\NC(=O)c1ccc2c(c1)OCO2)c1c(O)cc(C)oc1=O. The van der Waals surface area contributed by atoms with Gasteiger partial charge in [-0.25, -0.2) is 10.2 Å². The lowest BCUT2D eigenvalue weighted by molar-refractivity contribution is 0.0954. The highest BCUT2D eigenvalue weighted by Crippen LogP contribution is 2.32. The lowest BCUT2D eigenvalue weighted by atomic mass is 10.2. The Morgan fingerprint density at radius 3 is 2.75 bits per heavy atom. The van der Waals surface area contributed by atoms with Crippen LogP contribution in [0.2, 0.25) is 0 Å². The third-order valence-electron chi connectivity index (χ3n) is 3.38. The second-order valence-electron chi connectivity index (χ2n) is 5.11. The fraction of sp³-hybridized carbons (Fsp3) is 0.188. The van der Waals surface area contributed by atoms with Crippen LogP contribution in [0.5, 0.6) is 17.2 Å². The molecule has 0 bridgehead atoms. The number of benzene rings is 1. The van der Waals surface area contributed by atoms with E-state index in [-0.39, 0.29) is 29.6 Å². The summed E-state index contributed by atoms with van der Waals surface area (Å²) in [5.41, 5.74) is 1.92. The number of hydrogen-bond donors (Lipinski definition) is 2. The van der Waals surface area contributed by atoms with Gasteiger partial charge < -0.3 is 19.0 Å². The molecule has 124 valence electrons. The zero-order chi connectivity index (χ0) is 17.3. The molecule has 0 spiro atoms. The first kappa shape index (κ1) is 15.6. The third kappa shape index (κ3) is 2.94. The van der Waals surface area contributed by atoms with E-state index in [4.69, 9.17) is 13.9 Å². The fourth-order valence-electron chi connectivity index (χ4n) is 2.22. The average molecular weight is 330 g/mol. The molecule has 3 rings (SSSR count). The summed E-state index contributed by atoms with van der Waals surface area (Å²) in [6.07, 6.45) is 0. The molecule has 1 aromatic heterocycles. The van der Waals surface area contributed by atoms with Crippen molar-refractivity contribution in [3.63, 3.8) is 0 Å². The van der Waals surface area contributed by atoms with Crippen molar-refractivity contribution in [1.82, 2.24) is 5.43 Å². The minimum absolute atomic E-state index is 0.105. The molecule has 1 aliphatic heterocycles. The predicted octanol–water partition coefficient (Wildman–Crippen LogP) is 1.54. The number of carbonyl (C=O) groups is 1. The van der Waals surface area contributed by atoms with Gasteiger partial charge in [-0.05, 0) is 32.0 Å². The van der Waals surface area contributed by atoms with Gasteiger partial charge in [0, 0.05) is 11.6 Å². The molecule has 0 fully saturated rings. The number of hydrazone groups is 1. The molecule has 1 aromatic carbocycles. The van der Waals surface area contributed by atoms with Gasteiger partial charge in [-0.15, -0.1) is 0 Å². The van der Waals surface area contributed by atoms with Crippen LogP contribution in [-0.4, -0.2) is 23.5 Å². The van der Waals surface area contributed by atoms with E-state index in [0.29, 0.717) is 17.1 Å². The third-order valence-corrected chi connectivity index (χ3v) is 3.38. The summed E-state index contributed by atoms with van der Waals surface area (Å²) in [5.74, 6) is 0.554. The molecule has 0 atom stereocenters. The predicted molar refractivity (Wildman–Crippen MR) is 83.6 cm³/mol. The van der Waals surface area contributed by atoms with Gasteiger partial charge in [-0.2, -0.15) is 5.10 Å². The number of rotatable bonds is 3. The summed E-state index contributed by atoms with van der Waals surface area (Å²) in [6, 6.07) is 6.01. The molecule has 8 nitrogen and oxygen atoms in total. The molecule has 2 aromatic rings. The number of hydrogen-bond acceptors (Lipinski definition) is 7. The van der Waals surface area contributed by atoms with Gasteiger partial charge >= 0.3 is 5.63 Å². The number of aryl methyl sites for hydroxylation is 1. The normalized spacial score (nSPS) is 13.0. The number of carbonyl (C=O) groups excluding carboxylic acids is 1. The van der Waals surface area contributed by atoms with Crippen molar-refractivity contribution < 1.29 is 23.8 Å². The molecule has 1 amide bonds. The zero-order valence-corrected chi connectivity index (χ0v) is 13.0. The Morgan fingerprint density at radius 1 is 1.25 bits per heavy atom. The smallest absolute Gasteiger partial charge is 0.348 e. The summed E-state index contributed by atoms with van der Waals surface area (Å²) in [7, 11) is 0. The summed E-state index contributed by atoms with van der Waals surface area (Å²) < 4.78 is 15.3. The number of ether oxygens (including phenoxy) is 2. The van der Waals surface area contributed by atoms with E-state index in [1.807, 2.05) is 0 Å². The molecule has 1 aliphatic rings. The van der Waals surface area contributed by atoms with Gasteiger partial charge in [-0.1, -0.05) is 0 Å². The average Bonchev–Trinajstić information content (AvgIpc) is 2.99. The molecule has 8 heteroatoms. The van der Waals surface area contributed by atoms with Gasteiger partial charge in [0.05, 0.1) is 5.71 Å². The van der Waals surface area contributed by atoms with E-state index in [1.54, 1.807) is 19.1 Å². The Labute approximate surface area is 136 Å². The summed E-state index contributed by atoms with van der Waals surface area (Å²) in [4.78, 5) is 23.9. The second-order valence-corrected chi connectivity index (χ2v) is 5.11. The fourth-order valence-corrected chi connectivity index (χ4v) is 2.22. The second kappa shape index (κ2) is 6.07. The molecule has 2 N–H and O–H groups in total. The van der Waals surface area contributed by atoms with Crippen LogP contribution in [0, 0.1) is 6.92 Å². The van der Waals surface area contributed by atoms with Crippen molar-refractivity contribution >= 4 is 11.6 Å². The van der Waals surface area contributed by atoms with Gasteiger partial charge in [0.15, 0.2) is 11.5 Å². The van der Waals surface area contributed by atoms with E-state index in [2.05, 4.69) is 10.5 Å². The van der Waals surface area contributed by atoms with Crippen molar-refractivity contribution in [2.45, 2.75) is 13.8 Å². The number of amides is 1. The molecule has 0 radical (unpaired) electrons. The van der Waals surface area contributed by atoms with Gasteiger partial charge in [-0.3, -0.25) is 4.79 Å². The Kier molecular flexibility index (Phi) is 3.95. The van der Waals surface area contributed by atoms with E-state index in [9.17, 15) is 14.7 Å². The molecule has 0 unspecified atom stereocenters. The maximum absolute atomic E-state index is 12.1. The van der Waals surface area contributed by atoms with E-state index in [1.165, 1.54) is 19.1 Å². The largest absolute Gasteiger partial charge is 0.507 e. The number of nitrogens with zero attached hydrogens (tertiary/aromatic N) is 1. The van der Waals surface area contributed by atoms with Crippen LogP contribution in [-0.2, 0) is 0 Å². The molecule has 0 aliphatic carbocycles. The van der Waals surface area contributed by atoms with E-state index >= 15 is 0 Å². The van der Waals surface area contributed by atoms with Crippen LogP contribution < -0.4 is 20.5 Å². The first-order valence-corrected chi connectivity index (χ1v) is 7.04. The number of aromatic hydroxyl groups is 1. The highest BCUT2D eigenvalue weighted by atomic mass is 16.7. The molecular weight excluding hydrogens is 316 g/mol. The van der Waals surface area contributed by atoms with Crippen LogP contribution in [0.4, 0.5) is 0 Å². The Balaban J connectivity index is 1.80. The highest BCUT2D eigenvalue weighted by molar-refractivity contribution is 6.02. The van der Waals surface area contributed by atoms with E-state index < -0.39 is 11.5 Å². The number of nitrogens with one attached hydrogen (secondary N) is 1. The highest BCUT2D eigenvalue weighted by Gasteiger charge is 2.17. The van der Waals surface area contributed by atoms with Gasteiger partial charge in [0.1, 0.15) is 17.1 Å². The van der Waals surface area contributed by atoms with Gasteiger partial charge in [0.2, 0.25) is 6.79 Å². The van der Waals surface area contributed by atoms with Crippen molar-refractivity contribution in [3.05, 3.63) is 51.6 Å². The van der Waals surface area contributed by atoms with Gasteiger partial charge in [0.25, 0.3) is 5.91 Å². The van der Waals surface area contributed by atoms with Crippen molar-refractivity contribution in [1.29, 1.82) is 0 Å². The molecule has 0 saturated heterocycles. The zero-order valence-electron chi connectivity index (χ0n) is 13.0. The summed E-state index contributed by atoms with van der Waals surface area (Å²) in [6.45, 7) is 3.13. The first-order valence-electron chi connectivity index (χ1n) is 7.04. The standard InChI is InChI=1S/C16H14N2O6/c1-8-5-11(19)14(16(21)24-8)9(2)17-18-15(20)10-3-4-12-13(6-10)23-7-22-12/h3-6,19H,7H2,1-2H3,(H,18,20)/b17-9+. The van der Waals surface area contributed by atoms with Crippen LogP contribution >= 0.6 is 0 Å². The monoisotopic (exact) mass is 330 g/mol. The minimum Gasteiger partial charge on any atom is -0.507 e. The van der Waals surface area contributed by atoms with Crippen molar-refractivity contribution in [3.8, 4) is 17.2 Å². The Hall–Kier alpha value is -3.29. The first-order chi connectivity index (χ1) is 11.5. The van der Waals surface area contributed by atoms with Crippen molar-refractivity contribution in [2.24, 2.45) is 5.10 Å². The van der Waals surface area contributed by atoms with Crippen LogP contribution in [0.1, 0.15) is 28.6 Å². The van der Waals surface area contributed by atoms with E-state index in [0.717, 1.165) is 0 Å². The molecule has 2 heterocycles. The molecule has 0 saturated carbocycles. The minimum atomic E-state index is -0.730. The Bertz CT molecular complexity index is 900. The molecule has 24 heavy (non-hydrogen) atoms.